The molecule has 0 spiro atoms. The van der Waals surface area contributed by atoms with Crippen LogP contribution in [0.3, 0.4) is 0 Å². The largest absolute Gasteiger partial charge is 0.496 e. The summed E-state index contributed by atoms with van der Waals surface area (Å²) < 4.78 is 46.7. The van der Waals surface area contributed by atoms with E-state index in [0.29, 0.717) is 39.8 Å². The number of ether oxygens (including phenoxy) is 4. The number of methoxy groups -OCH3 is 4. The Labute approximate surface area is 193 Å². The summed E-state index contributed by atoms with van der Waals surface area (Å²) in [6.07, 6.45) is 3.87. The standard InChI is InChI=1S/C23H27NO8S/c1-29-17-13-21(31-3)18(22(14-17)32-4)9-11-33(27,28)15-16-7-8-20(30-2)19(12-16)24-10-5-6-23(25)26/h5-9,11-14,24H,10,15H2,1-4H3,(H,25,26)/b6-5+,11-9+. The van der Waals surface area contributed by atoms with E-state index in [0.717, 1.165) is 11.5 Å². The van der Waals surface area contributed by atoms with Gasteiger partial charge in [0.15, 0.2) is 9.84 Å². The maximum Gasteiger partial charge on any atom is 0.328 e. The van der Waals surface area contributed by atoms with Gasteiger partial charge in [-0.3, -0.25) is 0 Å². The lowest BCUT2D eigenvalue weighted by Gasteiger charge is -2.13. The van der Waals surface area contributed by atoms with Crippen molar-refractivity contribution in [2.45, 2.75) is 5.75 Å². The minimum absolute atomic E-state index is 0.232. The second kappa shape index (κ2) is 11.8. The molecular formula is C23H27NO8S. The van der Waals surface area contributed by atoms with Crippen LogP contribution in [0.15, 0.2) is 47.9 Å². The SMILES string of the molecule is COc1cc(OC)c(/C=C/S(=O)(=O)Cc2ccc(OC)c(NC/C=C/C(=O)O)c2)c(OC)c1. The third kappa shape index (κ3) is 7.46. The molecule has 0 aliphatic heterocycles. The van der Waals surface area contributed by atoms with E-state index in [1.165, 1.54) is 40.6 Å². The summed E-state index contributed by atoms with van der Waals surface area (Å²) >= 11 is 0. The number of carboxylic acids is 1. The number of anilines is 1. The van der Waals surface area contributed by atoms with Crippen LogP contribution in [0.1, 0.15) is 11.1 Å². The number of benzene rings is 2. The highest BCUT2D eigenvalue weighted by molar-refractivity contribution is 7.93. The Bertz CT molecular complexity index is 1110. The second-order valence-corrected chi connectivity index (χ2v) is 8.60. The van der Waals surface area contributed by atoms with Crippen LogP contribution in [0.25, 0.3) is 6.08 Å². The smallest absolute Gasteiger partial charge is 0.328 e. The van der Waals surface area contributed by atoms with Crippen molar-refractivity contribution in [1.82, 2.24) is 0 Å². The van der Waals surface area contributed by atoms with Crippen LogP contribution >= 0.6 is 0 Å². The lowest BCUT2D eigenvalue weighted by atomic mass is 10.1. The summed E-state index contributed by atoms with van der Waals surface area (Å²) in [7, 11) is 2.28. The van der Waals surface area contributed by atoms with Gasteiger partial charge in [0.25, 0.3) is 0 Å². The minimum Gasteiger partial charge on any atom is -0.496 e. The molecule has 2 aromatic rings. The Hall–Kier alpha value is -3.66. The van der Waals surface area contributed by atoms with E-state index in [1.54, 1.807) is 30.3 Å². The molecule has 0 aliphatic carbocycles. The molecule has 10 heteroatoms. The number of carboxylic acid groups (broad SMARTS) is 1. The highest BCUT2D eigenvalue weighted by atomic mass is 32.2. The predicted molar refractivity (Wildman–Crippen MR) is 126 cm³/mol. The van der Waals surface area contributed by atoms with Crippen molar-refractivity contribution in [3.05, 3.63) is 59.0 Å². The molecule has 0 amide bonds. The number of aliphatic carboxylic acids is 1. The lowest BCUT2D eigenvalue weighted by molar-refractivity contribution is -0.131. The predicted octanol–water partition coefficient (Wildman–Crippen LogP) is 3.36. The maximum atomic E-state index is 12.8. The van der Waals surface area contributed by atoms with Gasteiger partial charge in [0, 0.05) is 30.2 Å². The molecule has 33 heavy (non-hydrogen) atoms. The van der Waals surface area contributed by atoms with Gasteiger partial charge in [0.2, 0.25) is 0 Å². The molecule has 0 radical (unpaired) electrons. The first-order valence-electron chi connectivity index (χ1n) is 9.74. The maximum absolute atomic E-state index is 12.8. The number of nitrogens with one attached hydrogen (secondary N) is 1. The minimum atomic E-state index is -3.65. The van der Waals surface area contributed by atoms with Gasteiger partial charge in [0.1, 0.15) is 23.0 Å². The zero-order valence-corrected chi connectivity index (χ0v) is 19.6. The van der Waals surface area contributed by atoms with E-state index < -0.39 is 15.8 Å². The van der Waals surface area contributed by atoms with Crippen LogP contribution in [-0.2, 0) is 20.4 Å². The fourth-order valence-corrected chi connectivity index (χ4v) is 4.04. The zero-order valence-electron chi connectivity index (χ0n) is 18.8. The normalized spacial score (nSPS) is 11.5. The first-order valence-corrected chi connectivity index (χ1v) is 11.5. The Morgan fingerprint density at radius 2 is 1.61 bits per heavy atom. The van der Waals surface area contributed by atoms with Crippen LogP contribution in [0.5, 0.6) is 23.0 Å². The second-order valence-electron chi connectivity index (χ2n) is 6.71. The van der Waals surface area contributed by atoms with Gasteiger partial charge >= 0.3 is 5.97 Å². The first-order chi connectivity index (χ1) is 15.7. The molecule has 2 N–H and O–H groups in total. The fraction of sp³-hybridized carbons (Fsp3) is 0.261. The average molecular weight is 478 g/mol. The third-order valence-corrected chi connectivity index (χ3v) is 5.78. The van der Waals surface area contributed by atoms with Crippen LogP contribution in [-0.4, -0.2) is 54.5 Å². The summed E-state index contributed by atoms with van der Waals surface area (Å²) in [5, 5.41) is 12.8. The number of rotatable bonds is 12. The van der Waals surface area contributed by atoms with Gasteiger partial charge in [-0.1, -0.05) is 12.1 Å². The van der Waals surface area contributed by atoms with Gasteiger partial charge < -0.3 is 29.4 Å². The number of hydrogen-bond donors (Lipinski definition) is 2. The summed E-state index contributed by atoms with van der Waals surface area (Å²) in [6.45, 7) is 0.232. The molecule has 2 aromatic carbocycles. The highest BCUT2D eigenvalue weighted by Crippen LogP contribution is 2.35. The number of hydrogen-bond acceptors (Lipinski definition) is 8. The van der Waals surface area contributed by atoms with Crippen molar-refractivity contribution in [3.63, 3.8) is 0 Å². The molecule has 9 nitrogen and oxygen atoms in total. The molecule has 0 saturated heterocycles. The van der Waals surface area contributed by atoms with Gasteiger partial charge in [-0.25, -0.2) is 13.2 Å². The van der Waals surface area contributed by atoms with Crippen molar-refractivity contribution < 1.29 is 37.3 Å². The van der Waals surface area contributed by atoms with Crippen molar-refractivity contribution >= 4 is 27.6 Å². The van der Waals surface area contributed by atoms with E-state index in [2.05, 4.69) is 5.32 Å². The van der Waals surface area contributed by atoms with Crippen molar-refractivity contribution in [3.8, 4) is 23.0 Å². The molecule has 0 unspecified atom stereocenters. The van der Waals surface area contributed by atoms with E-state index >= 15 is 0 Å². The Balaban J connectivity index is 2.26. The van der Waals surface area contributed by atoms with Gasteiger partial charge in [-0.2, -0.15) is 0 Å². The van der Waals surface area contributed by atoms with Gasteiger partial charge in [-0.05, 0) is 23.8 Å². The number of carbonyl (C=O) groups is 1. The Morgan fingerprint density at radius 3 is 2.15 bits per heavy atom. The molecule has 2 rings (SSSR count). The zero-order chi connectivity index (χ0) is 24.4. The summed E-state index contributed by atoms with van der Waals surface area (Å²) in [5.74, 6) is 0.517. The van der Waals surface area contributed by atoms with E-state index in [9.17, 15) is 13.2 Å². The van der Waals surface area contributed by atoms with Gasteiger partial charge in [-0.15, -0.1) is 0 Å². The highest BCUT2D eigenvalue weighted by Gasteiger charge is 2.14. The Morgan fingerprint density at radius 1 is 0.970 bits per heavy atom. The molecule has 0 heterocycles. The first kappa shape index (κ1) is 25.6. The monoisotopic (exact) mass is 477 g/mol. The summed E-state index contributed by atoms with van der Waals surface area (Å²) in [4.78, 5) is 10.6. The topological polar surface area (TPSA) is 120 Å². The van der Waals surface area contributed by atoms with Gasteiger partial charge in [0.05, 0.1) is 45.4 Å². The summed E-state index contributed by atoms with van der Waals surface area (Å²) in [6, 6.07) is 8.21. The molecule has 0 aromatic heterocycles. The lowest BCUT2D eigenvalue weighted by Crippen LogP contribution is -2.05. The molecule has 0 fully saturated rings. The quantitative estimate of drug-likeness (QED) is 0.443. The molecule has 0 saturated carbocycles. The van der Waals surface area contributed by atoms with Crippen LogP contribution in [0, 0.1) is 0 Å². The van der Waals surface area contributed by atoms with Crippen molar-refractivity contribution in [2.24, 2.45) is 0 Å². The molecule has 0 bridgehead atoms. The molecule has 178 valence electrons. The molecule has 0 aliphatic rings. The average Bonchev–Trinajstić information content (AvgIpc) is 2.79. The van der Waals surface area contributed by atoms with Crippen LogP contribution in [0.2, 0.25) is 0 Å². The molecular weight excluding hydrogens is 450 g/mol. The molecule has 0 atom stereocenters. The van der Waals surface area contributed by atoms with Crippen molar-refractivity contribution in [1.29, 1.82) is 0 Å². The number of sulfone groups is 1. The third-order valence-electron chi connectivity index (χ3n) is 4.50. The van der Waals surface area contributed by atoms with Crippen molar-refractivity contribution in [2.75, 3.05) is 40.3 Å². The van der Waals surface area contributed by atoms with Crippen LogP contribution in [0.4, 0.5) is 5.69 Å². The Kier molecular flexibility index (Phi) is 9.17. The van der Waals surface area contributed by atoms with E-state index in [-0.39, 0.29) is 12.3 Å². The fourth-order valence-electron chi connectivity index (χ4n) is 2.96. The summed E-state index contributed by atoms with van der Waals surface area (Å²) in [5.41, 5.74) is 1.54. The van der Waals surface area contributed by atoms with E-state index in [4.69, 9.17) is 24.1 Å². The van der Waals surface area contributed by atoms with E-state index in [1.807, 2.05) is 0 Å². The van der Waals surface area contributed by atoms with Crippen LogP contribution < -0.4 is 24.3 Å².